The maximum Gasteiger partial charge on any atom is 0.267 e. The molecule has 6 nitrogen and oxygen atoms in total. The highest BCUT2D eigenvalue weighted by atomic mass is 32.1. The lowest BCUT2D eigenvalue weighted by molar-refractivity contribution is -0.117. The summed E-state index contributed by atoms with van der Waals surface area (Å²) in [7, 11) is 3.04. The lowest BCUT2D eigenvalue weighted by atomic mass is 10.0. The first-order valence-electron chi connectivity index (χ1n) is 11.6. The van der Waals surface area contributed by atoms with E-state index in [1.807, 2.05) is 29.6 Å². The number of carbonyl (C=O) groups is 2. The molecule has 0 spiro atoms. The van der Waals surface area contributed by atoms with Crippen LogP contribution in [-0.4, -0.2) is 32.6 Å². The fraction of sp³-hybridized carbons (Fsp3) is 0.172. The van der Waals surface area contributed by atoms with Crippen LogP contribution in [0, 0.1) is 0 Å². The Hall–Kier alpha value is -4.10. The van der Waals surface area contributed by atoms with Gasteiger partial charge in [-0.1, -0.05) is 48.5 Å². The number of benzene rings is 3. The van der Waals surface area contributed by atoms with Crippen molar-refractivity contribution >= 4 is 40.0 Å². The molecule has 0 aliphatic heterocycles. The molecule has 0 fully saturated rings. The van der Waals surface area contributed by atoms with Gasteiger partial charge < -0.3 is 20.1 Å². The number of amides is 2. The monoisotopic (exact) mass is 500 g/mol. The van der Waals surface area contributed by atoms with E-state index in [1.165, 1.54) is 41.9 Å². The normalized spacial score (nSPS) is 11.2. The van der Waals surface area contributed by atoms with Gasteiger partial charge in [0, 0.05) is 17.0 Å². The standard InChI is InChI=1S/C29H28N2O4S/c1-34-26-15-14-22(18-27(26)35-2)28(32)31-25(19-23-12-7-17-36-23)29(33)30-16-6-11-21-10-5-9-20-8-3-4-13-24(20)21/h3-5,7-10,12-15,17-19H,6,11,16H2,1-2H3,(H,30,33)(H,31,32)/b25-19-. The van der Waals surface area contributed by atoms with E-state index in [0.29, 0.717) is 23.6 Å². The summed E-state index contributed by atoms with van der Waals surface area (Å²) in [6.07, 6.45) is 3.29. The Kier molecular flexibility index (Phi) is 8.36. The molecule has 1 heterocycles. The van der Waals surface area contributed by atoms with Crippen LogP contribution in [0.3, 0.4) is 0 Å². The maximum absolute atomic E-state index is 13.0. The van der Waals surface area contributed by atoms with E-state index < -0.39 is 5.91 Å². The summed E-state index contributed by atoms with van der Waals surface area (Å²) in [5.74, 6) is 0.207. The molecule has 184 valence electrons. The summed E-state index contributed by atoms with van der Waals surface area (Å²) in [4.78, 5) is 26.9. The largest absolute Gasteiger partial charge is 0.493 e. The molecule has 36 heavy (non-hydrogen) atoms. The fourth-order valence-electron chi connectivity index (χ4n) is 3.93. The first-order valence-corrected chi connectivity index (χ1v) is 12.5. The summed E-state index contributed by atoms with van der Waals surface area (Å²) in [6, 6.07) is 23.2. The predicted molar refractivity (Wildman–Crippen MR) is 145 cm³/mol. The van der Waals surface area contributed by atoms with E-state index in [-0.39, 0.29) is 11.6 Å². The number of methoxy groups -OCH3 is 2. The van der Waals surface area contributed by atoms with Gasteiger partial charge in [0.15, 0.2) is 11.5 Å². The van der Waals surface area contributed by atoms with E-state index in [9.17, 15) is 9.59 Å². The van der Waals surface area contributed by atoms with Gasteiger partial charge in [-0.3, -0.25) is 9.59 Å². The van der Waals surface area contributed by atoms with E-state index >= 15 is 0 Å². The van der Waals surface area contributed by atoms with Gasteiger partial charge in [-0.15, -0.1) is 11.3 Å². The van der Waals surface area contributed by atoms with Gasteiger partial charge in [0.25, 0.3) is 11.8 Å². The number of hydrogen-bond acceptors (Lipinski definition) is 5. The molecule has 0 unspecified atom stereocenters. The van der Waals surface area contributed by atoms with E-state index in [2.05, 4.69) is 41.0 Å². The molecular weight excluding hydrogens is 472 g/mol. The van der Waals surface area contributed by atoms with Crippen LogP contribution in [-0.2, 0) is 11.2 Å². The van der Waals surface area contributed by atoms with Crippen LogP contribution in [0.4, 0.5) is 0 Å². The van der Waals surface area contributed by atoms with Crippen LogP contribution >= 0.6 is 11.3 Å². The molecule has 4 aromatic rings. The van der Waals surface area contributed by atoms with Crippen LogP contribution in [0.1, 0.15) is 27.2 Å². The lowest BCUT2D eigenvalue weighted by Gasteiger charge is -2.13. The van der Waals surface area contributed by atoms with Crippen molar-refractivity contribution in [3.63, 3.8) is 0 Å². The predicted octanol–water partition coefficient (Wildman–Crippen LogP) is 5.44. The van der Waals surface area contributed by atoms with Crippen molar-refractivity contribution in [3.05, 3.63) is 99.9 Å². The number of thiophene rings is 1. The minimum Gasteiger partial charge on any atom is -0.493 e. The molecule has 1 aromatic heterocycles. The average molecular weight is 501 g/mol. The zero-order valence-corrected chi connectivity index (χ0v) is 21.1. The third kappa shape index (κ3) is 6.12. The van der Waals surface area contributed by atoms with Crippen LogP contribution in [0.25, 0.3) is 16.8 Å². The first kappa shape index (κ1) is 25.0. The van der Waals surface area contributed by atoms with Gasteiger partial charge in [0.2, 0.25) is 0 Å². The molecule has 0 radical (unpaired) electrons. The Balaban J connectivity index is 1.42. The van der Waals surface area contributed by atoms with Crippen molar-refractivity contribution in [1.29, 1.82) is 0 Å². The Morgan fingerprint density at radius 3 is 2.50 bits per heavy atom. The summed E-state index contributed by atoms with van der Waals surface area (Å²) in [6.45, 7) is 0.482. The van der Waals surface area contributed by atoms with Crippen LogP contribution < -0.4 is 20.1 Å². The lowest BCUT2D eigenvalue weighted by Crippen LogP contribution is -2.35. The van der Waals surface area contributed by atoms with Crippen LogP contribution in [0.2, 0.25) is 0 Å². The second-order valence-electron chi connectivity index (χ2n) is 8.10. The number of aryl methyl sites for hydroxylation is 1. The second kappa shape index (κ2) is 12.0. The zero-order valence-electron chi connectivity index (χ0n) is 20.2. The highest BCUT2D eigenvalue weighted by molar-refractivity contribution is 7.10. The van der Waals surface area contributed by atoms with Crippen LogP contribution in [0.15, 0.2) is 83.9 Å². The summed E-state index contributed by atoms with van der Waals surface area (Å²) in [5, 5.41) is 10.1. The van der Waals surface area contributed by atoms with Crippen molar-refractivity contribution in [1.82, 2.24) is 10.6 Å². The Labute approximate surface area is 214 Å². The number of nitrogens with one attached hydrogen (secondary N) is 2. The highest BCUT2D eigenvalue weighted by Gasteiger charge is 2.16. The van der Waals surface area contributed by atoms with Crippen molar-refractivity contribution in [2.75, 3.05) is 20.8 Å². The number of fused-ring (bicyclic) bond motifs is 1. The molecule has 2 amide bonds. The van der Waals surface area contributed by atoms with Gasteiger partial charge in [-0.25, -0.2) is 0 Å². The van der Waals surface area contributed by atoms with Crippen LogP contribution in [0.5, 0.6) is 11.5 Å². The molecule has 0 aliphatic carbocycles. The Bertz CT molecular complexity index is 1370. The molecule has 0 aliphatic rings. The molecule has 0 saturated carbocycles. The maximum atomic E-state index is 13.0. The van der Waals surface area contributed by atoms with Crippen molar-refractivity contribution in [2.45, 2.75) is 12.8 Å². The van der Waals surface area contributed by atoms with Gasteiger partial charge in [0.1, 0.15) is 5.70 Å². The van der Waals surface area contributed by atoms with E-state index in [4.69, 9.17) is 9.47 Å². The first-order chi connectivity index (χ1) is 17.6. The molecular formula is C29H28N2O4S. The summed E-state index contributed by atoms with van der Waals surface area (Å²) < 4.78 is 10.5. The average Bonchev–Trinajstić information content (AvgIpc) is 3.43. The minimum absolute atomic E-state index is 0.183. The number of carbonyl (C=O) groups excluding carboxylic acids is 2. The number of ether oxygens (including phenoxy) is 2. The van der Waals surface area contributed by atoms with Gasteiger partial charge >= 0.3 is 0 Å². The quantitative estimate of drug-likeness (QED) is 0.225. The minimum atomic E-state index is -0.412. The van der Waals surface area contributed by atoms with E-state index in [0.717, 1.165) is 17.7 Å². The molecule has 0 bridgehead atoms. The van der Waals surface area contributed by atoms with Gasteiger partial charge in [-0.05, 0) is 64.9 Å². The third-order valence-corrected chi connectivity index (χ3v) is 6.58. The highest BCUT2D eigenvalue weighted by Crippen LogP contribution is 2.27. The Morgan fingerprint density at radius 2 is 1.72 bits per heavy atom. The summed E-state index contributed by atoms with van der Waals surface area (Å²) in [5.41, 5.74) is 1.79. The SMILES string of the molecule is COc1ccc(C(=O)N/C(=C\c2cccs2)C(=O)NCCCc2cccc3ccccc23)cc1OC. The zero-order chi connectivity index (χ0) is 25.3. The van der Waals surface area contributed by atoms with Crippen molar-refractivity contribution in [2.24, 2.45) is 0 Å². The molecule has 0 saturated heterocycles. The van der Waals surface area contributed by atoms with Gasteiger partial charge in [-0.2, -0.15) is 0 Å². The molecule has 0 atom stereocenters. The second-order valence-corrected chi connectivity index (χ2v) is 9.07. The molecule has 7 heteroatoms. The third-order valence-electron chi connectivity index (χ3n) is 5.76. The molecule has 4 rings (SSSR count). The number of hydrogen-bond donors (Lipinski definition) is 2. The topological polar surface area (TPSA) is 76.7 Å². The molecule has 3 aromatic carbocycles. The van der Waals surface area contributed by atoms with Crippen molar-refractivity contribution in [3.8, 4) is 11.5 Å². The Morgan fingerprint density at radius 1 is 0.917 bits per heavy atom. The smallest absolute Gasteiger partial charge is 0.267 e. The summed E-state index contributed by atoms with van der Waals surface area (Å²) >= 11 is 1.49. The number of rotatable bonds is 10. The molecule has 2 N–H and O–H groups in total. The fourth-order valence-corrected chi connectivity index (χ4v) is 4.59. The van der Waals surface area contributed by atoms with Crippen molar-refractivity contribution < 1.29 is 19.1 Å². The van der Waals surface area contributed by atoms with Gasteiger partial charge in [0.05, 0.1) is 14.2 Å². The van der Waals surface area contributed by atoms with E-state index in [1.54, 1.807) is 24.3 Å².